The molecule has 0 radical (unpaired) electrons. The second-order valence-electron chi connectivity index (χ2n) is 6.21. The van der Waals surface area contributed by atoms with E-state index in [1.54, 1.807) is 13.2 Å². The van der Waals surface area contributed by atoms with Gasteiger partial charge in [-0.25, -0.2) is 0 Å². The van der Waals surface area contributed by atoms with Crippen molar-refractivity contribution in [1.82, 2.24) is 0 Å². The maximum absolute atomic E-state index is 9.63. The lowest BCUT2D eigenvalue weighted by atomic mass is 10.1. The van der Waals surface area contributed by atoms with Crippen LogP contribution in [0.1, 0.15) is 71.9 Å². The first-order valence-electron chi connectivity index (χ1n) is 11.3. The van der Waals surface area contributed by atoms with Crippen molar-refractivity contribution < 1.29 is 24.4 Å². The topological polar surface area (TPSA) is 68.2 Å². The molecule has 2 N–H and O–H groups in total. The van der Waals surface area contributed by atoms with Crippen LogP contribution in [-0.2, 0) is 12.8 Å². The minimum absolute atomic E-state index is 0.0647. The molecule has 0 heterocycles. The molecule has 0 amide bonds. The van der Waals surface area contributed by atoms with Crippen molar-refractivity contribution in [3.63, 3.8) is 0 Å². The predicted octanol–water partition coefficient (Wildman–Crippen LogP) is 7.16. The van der Waals surface area contributed by atoms with Crippen LogP contribution in [0, 0.1) is 0 Å². The molecule has 0 fully saturated rings. The van der Waals surface area contributed by atoms with Crippen LogP contribution in [0.25, 0.3) is 0 Å². The normalized spacial score (nSPS) is 9.06. The van der Waals surface area contributed by atoms with Gasteiger partial charge >= 0.3 is 0 Å². The first-order valence-corrected chi connectivity index (χ1v) is 11.3. The number of hydrogen-bond donors (Lipinski definition) is 2. The summed E-state index contributed by atoms with van der Waals surface area (Å²) in [6.07, 6.45) is 5.41. The highest BCUT2D eigenvalue weighted by Gasteiger charge is 2.10. The number of phenols is 2. The summed E-state index contributed by atoms with van der Waals surface area (Å²) in [6, 6.07) is 9.19. The standard InChI is InChI=1S/C11H16O3.C11H16O2.2C2H6/c1-4-5-8-6-9(13-2)11(12)10(7-8)14-3;1-3-4-5-9-6-7-10(12)11(8-9)13-2;2*1-2/h6-7,12H,4-5H2,1-3H3;6-8,12H,3-5H2,1-2H3;2*1-2H3. The Labute approximate surface area is 190 Å². The zero-order chi connectivity index (χ0) is 24.2. The highest BCUT2D eigenvalue weighted by Crippen LogP contribution is 2.37. The zero-order valence-corrected chi connectivity index (χ0v) is 21.0. The van der Waals surface area contributed by atoms with Gasteiger partial charge in [-0.1, -0.05) is 60.5 Å². The van der Waals surface area contributed by atoms with Gasteiger partial charge in [0.2, 0.25) is 5.75 Å². The van der Waals surface area contributed by atoms with E-state index in [4.69, 9.17) is 14.2 Å². The van der Waals surface area contributed by atoms with Crippen LogP contribution < -0.4 is 14.2 Å². The lowest BCUT2D eigenvalue weighted by molar-refractivity contribution is 0.339. The number of benzene rings is 2. The summed E-state index contributed by atoms with van der Waals surface area (Å²) in [5, 5.41) is 19.0. The van der Waals surface area contributed by atoms with Gasteiger partial charge in [-0.15, -0.1) is 0 Å². The molecule has 178 valence electrons. The zero-order valence-electron chi connectivity index (χ0n) is 21.0. The minimum Gasteiger partial charge on any atom is -0.504 e. The first-order chi connectivity index (χ1) is 15.0. The summed E-state index contributed by atoms with van der Waals surface area (Å²) in [7, 11) is 4.63. The molecule has 0 spiro atoms. The van der Waals surface area contributed by atoms with E-state index in [-0.39, 0.29) is 11.5 Å². The molecule has 31 heavy (non-hydrogen) atoms. The maximum Gasteiger partial charge on any atom is 0.200 e. The van der Waals surface area contributed by atoms with Gasteiger partial charge in [0, 0.05) is 0 Å². The van der Waals surface area contributed by atoms with Crippen LogP contribution in [0.2, 0.25) is 0 Å². The Morgan fingerprint density at radius 1 is 0.645 bits per heavy atom. The van der Waals surface area contributed by atoms with Gasteiger partial charge in [0.1, 0.15) is 0 Å². The fourth-order valence-electron chi connectivity index (χ4n) is 2.64. The molecule has 2 aromatic rings. The third-order valence-corrected chi connectivity index (χ3v) is 4.14. The maximum atomic E-state index is 9.63. The van der Waals surface area contributed by atoms with Crippen LogP contribution in [0.3, 0.4) is 0 Å². The van der Waals surface area contributed by atoms with Crippen molar-refractivity contribution in [3.05, 3.63) is 41.5 Å². The van der Waals surface area contributed by atoms with Gasteiger partial charge in [-0.05, 0) is 54.7 Å². The number of rotatable bonds is 8. The Kier molecular flexibility index (Phi) is 19.2. The highest BCUT2D eigenvalue weighted by atomic mass is 16.5. The van der Waals surface area contributed by atoms with Crippen LogP contribution >= 0.6 is 0 Å². The monoisotopic (exact) mass is 436 g/mol. The molecule has 0 unspecified atom stereocenters. The van der Waals surface area contributed by atoms with E-state index in [0.29, 0.717) is 17.2 Å². The van der Waals surface area contributed by atoms with Crippen molar-refractivity contribution in [3.8, 4) is 28.7 Å². The van der Waals surface area contributed by atoms with E-state index in [1.807, 2.05) is 52.0 Å². The number of unbranched alkanes of at least 4 members (excludes halogenated alkanes) is 1. The average Bonchev–Trinajstić information content (AvgIpc) is 2.82. The number of hydrogen-bond acceptors (Lipinski definition) is 5. The molecule has 0 saturated carbocycles. The average molecular weight is 437 g/mol. The first kappa shape index (κ1) is 30.6. The summed E-state index contributed by atoms with van der Waals surface area (Å²) in [4.78, 5) is 0. The largest absolute Gasteiger partial charge is 0.504 e. The molecule has 5 nitrogen and oxygen atoms in total. The van der Waals surface area contributed by atoms with Crippen molar-refractivity contribution in [1.29, 1.82) is 0 Å². The Morgan fingerprint density at radius 3 is 1.55 bits per heavy atom. The fraction of sp³-hybridized carbons (Fsp3) is 0.538. The van der Waals surface area contributed by atoms with Gasteiger partial charge in [-0.2, -0.15) is 0 Å². The smallest absolute Gasteiger partial charge is 0.200 e. The number of ether oxygens (including phenoxy) is 3. The van der Waals surface area contributed by atoms with Crippen LogP contribution in [0.15, 0.2) is 30.3 Å². The Hall–Kier alpha value is -2.56. The van der Waals surface area contributed by atoms with Crippen molar-refractivity contribution in [2.24, 2.45) is 0 Å². The van der Waals surface area contributed by atoms with Gasteiger partial charge in [-0.3, -0.25) is 0 Å². The Bertz CT molecular complexity index is 673. The molecular formula is C26H44O5. The second kappa shape index (κ2) is 19.4. The lowest BCUT2D eigenvalue weighted by Crippen LogP contribution is -1.92. The van der Waals surface area contributed by atoms with Gasteiger partial charge < -0.3 is 24.4 Å². The van der Waals surface area contributed by atoms with Gasteiger partial charge in [0.05, 0.1) is 21.3 Å². The van der Waals surface area contributed by atoms with E-state index in [2.05, 4.69) is 13.8 Å². The highest BCUT2D eigenvalue weighted by molar-refractivity contribution is 5.52. The quantitative estimate of drug-likeness (QED) is 0.459. The van der Waals surface area contributed by atoms with Crippen molar-refractivity contribution in [2.45, 2.75) is 73.6 Å². The van der Waals surface area contributed by atoms with Gasteiger partial charge in [0.15, 0.2) is 23.0 Å². The SMILES string of the molecule is CC.CC.CCCCc1ccc(O)c(OC)c1.CCCc1cc(OC)c(O)c(OC)c1. The van der Waals surface area contributed by atoms with Crippen LogP contribution in [0.4, 0.5) is 0 Å². The number of phenolic OH excluding ortho intramolecular Hbond substituents is 2. The van der Waals surface area contributed by atoms with Crippen LogP contribution in [0.5, 0.6) is 28.7 Å². The van der Waals surface area contributed by atoms with Crippen molar-refractivity contribution in [2.75, 3.05) is 21.3 Å². The summed E-state index contributed by atoms with van der Waals surface area (Å²) < 4.78 is 15.1. The fourth-order valence-corrected chi connectivity index (χ4v) is 2.64. The van der Waals surface area contributed by atoms with E-state index in [1.165, 1.54) is 32.6 Å². The number of aromatic hydroxyl groups is 2. The molecule has 0 saturated heterocycles. The Balaban J connectivity index is 0. The third kappa shape index (κ3) is 11.4. The van der Waals surface area contributed by atoms with Gasteiger partial charge in [0.25, 0.3) is 0 Å². The summed E-state index contributed by atoms with van der Waals surface area (Å²) in [5.41, 5.74) is 2.33. The van der Waals surface area contributed by atoms with E-state index in [9.17, 15) is 10.2 Å². The minimum atomic E-state index is 0.0647. The molecule has 2 aromatic carbocycles. The predicted molar refractivity (Wildman–Crippen MR) is 131 cm³/mol. The van der Waals surface area contributed by atoms with Crippen molar-refractivity contribution >= 4 is 0 Å². The summed E-state index contributed by atoms with van der Waals surface area (Å²) in [5.74, 6) is 1.77. The van der Waals surface area contributed by atoms with Crippen LogP contribution in [-0.4, -0.2) is 31.5 Å². The van der Waals surface area contributed by atoms with E-state index in [0.717, 1.165) is 24.8 Å². The summed E-state index contributed by atoms with van der Waals surface area (Å²) >= 11 is 0. The summed E-state index contributed by atoms with van der Waals surface area (Å²) in [6.45, 7) is 12.3. The molecule has 5 heteroatoms. The molecular weight excluding hydrogens is 392 g/mol. The molecule has 0 aliphatic carbocycles. The second-order valence-corrected chi connectivity index (χ2v) is 6.21. The molecule has 2 rings (SSSR count). The molecule has 0 aliphatic rings. The number of methoxy groups -OCH3 is 3. The van der Waals surface area contributed by atoms with E-state index >= 15 is 0 Å². The lowest BCUT2D eigenvalue weighted by Gasteiger charge is -2.10. The number of aryl methyl sites for hydroxylation is 2. The Morgan fingerprint density at radius 2 is 1.13 bits per heavy atom. The molecule has 0 aromatic heterocycles. The third-order valence-electron chi connectivity index (χ3n) is 4.14. The molecule has 0 bridgehead atoms. The molecule has 0 aliphatic heterocycles. The van der Waals surface area contributed by atoms with E-state index < -0.39 is 0 Å². The molecule has 0 atom stereocenters.